The zero-order valence-corrected chi connectivity index (χ0v) is 9.75. The fourth-order valence-corrected chi connectivity index (χ4v) is 1.49. The van der Waals surface area contributed by atoms with Gasteiger partial charge in [-0.25, -0.2) is 15.0 Å². The van der Waals surface area contributed by atoms with Gasteiger partial charge >= 0.3 is 0 Å². The molecule has 0 aliphatic carbocycles. The van der Waals surface area contributed by atoms with E-state index >= 15 is 0 Å². The molecule has 0 radical (unpaired) electrons. The highest BCUT2D eigenvalue weighted by atomic mass is 15.0. The minimum Gasteiger partial charge on any atom is -0.382 e. The molecule has 2 aromatic heterocycles. The molecule has 0 bridgehead atoms. The largest absolute Gasteiger partial charge is 0.382 e. The summed E-state index contributed by atoms with van der Waals surface area (Å²) in [7, 11) is 0. The molecule has 0 aliphatic rings. The van der Waals surface area contributed by atoms with E-state index in [-0.39, 0.29) is 0 Å². The number of hydrogen-bond donors (Lipinski definition) is 1. The Morgan fingerprint density at radius 1 is 1.24 bits per heavy atom. The number of aryl methyl sites for hydroxylation is 2. The molecule has 0 amide bonds. The molecule has 17 heavy (non-hydrogen) atoms. The summed E-state index contributed by atoms with van der Waals surface area (Å²) in [5.41, 5.74) is 8.40. The summed E-state index contributed by atoms with van der Waals surface area (Å²) in [5, 5.41) is 0. The summed E-state index contributed by atoms with van der Waals surface area (Å²) in [5.74, 6) is 0.904. The van der Waals surface area contributed by atoms with E-state index in [0.29, 0.717) is 17.3 Å². The van der Waals surface area contributed by atoms with Gasteiger partial charge in [0.15, 0.2) is 11.7 Å². The summed E-state index contributed by atoms with van der Waals surface area (Å²) in [6.45, 7) is 3.91. The van der Waals surface area contributed by atoms with Crippen molar-refractivity contribution >= 4 is 11.7 Å². The van der Waals surface area contributed by atoms with Gasteiger partial charge in [0.2, 0.25) is 0 Å². The topological polar surface area (TPSA) is 77.0 Å². The van der Waals surface area contributed by atoms with Crippen LogP contribution in [0.25, 0.3) is 0 Å². The van der Waals surface area contributed by atoms with Gasteiger partial charge in [-0.3, -0.25) is 4.98 Å². The molecule has 0 unspecified atom stereocenters. The van der Waals surface area contributed by atoms with Crippen molar-refractivity contribution in [3.8, 4) is 0 Å². The van der Waals surface area contributed by atoms with Crippen LogP contribution in [0.15, 0.2) is 35.7 Å². The minimum absolute atomic E-state index is 0.315. The third kappa shape index (κ3) is 2.84. The number of aromatic nitrogens is 3. The predicted octanol–water partition coefficient (Wildman–Crippen LogP) is 1.53. The van der Waals surface area contributed by atoms with Crippen LogP contribution < -0.4 is 5.73 Å². The van der Waals surface area contributed by atoms with Crippen molar-refractivity contribution in [3.63, 3.8) is 0 Å². The molecule has 0 fully saturated rings. The lowest BCUT2D eigenvalue weighted by molar-refractivity contribution is 1.14. The lowest BCUT2D eigenvalue weighted by atomic mass is 10.2. The molecular weight excluding hydrogens is 214 g/mol. The highest BCUT2D eigenvalue weighted by Crippen LogP contribution is 2.12. The minimum atomic E-state index is 0.315. The van der Waals surface area contributed by atoms with Gasteiger partial charge in [0, 0.05) is 18.1 Å². The van der Waals surface area contributed by atoms with Crippen LogP contribution in [0.4, 0.5) is 5.82 Å². The van der Waals surface area contributed by atoms with Crippen molar-refractivity contribution in [1.82, 2.24) is 15.0 Å². The smallest absolute Gasteiger partial charge is 0.154 e. The quantitative estimate of drug-likeness (QED) is 0.623. The molecule has 0 saturated heterocycles. The molecule has 5 heteroatoms. The summed E-state index contributed by atoms with van der Waals surface area (Å²) in [6.07, 6.45) is 4.74. The first-order valence-corrected chi connectivity index (χ1v) is 5.21. The Hall–Kier alpha value is -2.30. The molecule has 86 valence electrons. The average Bonchev–Trinajstić information content (AvgIpc) is 2.28. The molecule has 2 aromatic rings. The van der Waals surface area contributed by atoms with Crippen molar-refractivity contribution in [3.05, 3.63) is 47.7 Å². The van der Waals surface area contributed by atoms with Crippen LogP contribution in [0, 0.1) is 13.8 Å². The van der Waals surface area contributed by atoms with Gasteiger partial charge in [0.1, 0.15) is 5.69 Å². The third-order valence-corrected chi connectivity index (χ3v) is 2.14. The SMILES string of the molecule is Cc1cc(C)nc(/N=C(\N)c2cnccn2)c1. The maximum absolute atomic E-state index is 5.83. The zero-order chi connectivity index (χ0) is 12.3. The first-order chi connectivity index (χ1) is 8.15. The van der Waals surface area contributed by atoms with Crippen molar-refractivity contribution in [2.24, 2.45) is 10.7 Å². The highest BCUT2D eigenvalue weighted by Gasteiger charge is 2.01. The summed E-state index contributed by atoms with van der Waals surface area (Å²) < 4.78 is 0. The third-order valence-electron chi connectivity index (χ3n) is 2.14. The van der Waals surface area contributed by atoms with Crippen LogP contribution in [-0.2, 0) is 0 Å². The number of nitrogens with two attached hydrogens (primary N) is 1. The van der Waals surface area contributed by atoms with E-state index < -0.39 is 0 Å². The van der Waals surface area contributed by atoms with Crippen molar-refractivity contribution < 1.29 is 0 Å². The van der Waals surface area contributed by atoms with Gasteiger partial charge in [-0.2, -0.15) is 0 Å². The van der Waals surface area contributed by atoms with Crippen LogP contribution >= 0.6 is 0 Å². The molecule has 2 rings (SSSR count). The molecular formula is C12H13N5. The summed E-state index contributed by atoms with van der Waals surface area (Å²) in [6, 6.07) is 3.85. The van der Waals surface area contributed by atoms with Crippen molar-refractivity contribution in [2.45, 2.75) is 13.8 Å². The maximum atomic E-state index is 5.83. The van der Waals surface area contributed by atoms with E-state index in [2.05, 4.69) is 19.9 Å². The second-order valence-electron chi connectivity index (χ2n) is 3.73. The Labute approximate surface area is 99.5 Å². The maximum Gasteiger partial charge on any atom is 0.154 e. The Morgan fingerprint density at radius 3 is 2.71 bits per heavy atom. The van der Waals surface area contributed by atoms with Crippen molar-refractivity contribution in [2.75, 3.05) is 0 Å². The van der Waals surface area contributed by atoms with E-state index in [1.807, 2.05) is 26.0 Å². The molecule has 5 nitrogen and oxygen atoms in total. The molecule has 0 atom stereocenters. The lowest BCUT2D eigenvalue weighted by Gasteiger charge is -2.01. The van der Waals surface area contributed by atoms with Crippen LogP contribution in [-0.4, -0.2) is 20.8 Å². The molecule has 2 heterocycles. The number of pyridine rings is 1. The fraction of sp³-hybridized carbons (Fsp3) is 0.167. The molecule has 0 aromatic carbocycles. The van der Waals surface area contributed by atoms with Crippen LogP contribution in [0.2, 0.25) is 0 Å². The Balaban J connectivity index is 2.36. The Kier molecular flexibility index (Phi) is 3.09. The van der Waals surface area contributed by atoms with E-state index in [9.17, 15) is 0 Å². The number of hydrogen-bond acceptors (Lipinski definition) is 4. The van der Waals surface area contributed by atoms with Gasteiger partial charge in [0.05, 0.1) is 6.20 Å². The molecule has 0 spiro atoms. The number of amidine groups is 1. The van der Waals surface area contributed by atoms with Gasteiger partial charge in [-0.1, -0.05) is 0 Å². The number of rotatable bonds is 2. The van der Waals surface area contributed by atoms with Crippen LogP contribution in [0.5, 0.6) is 0 Å². The second kappa shape index (κ2) is 4.69. The van der Waals surface area contributed by atoms with Gasteiger partial charge < -0.3 is 5.73 Å². The van der Waals surface area contributed by atoms with Crippen LogP contribution in [0.1, 0.15) is 17.0 Å². The van der Waals surface area contributed by atoms with Crippen molar-refractivity contribution in [1.29, 1.82) is 0 Å². The monoisotopic (exact) mass is 227 g/mol. The second-order valence-corrected chi connectivity index (χ2v) is 3.73. The summed E-state index contributed by atoms with van der Waals surface area (Å²) in [4.78, 5) is 16.5. The fourth-order valence-electron chi connectivity index (χ4n) is 1.49. The van der Waals surface area contributed by atoms with Gasteiger partial charge in [-0.15, -0.1) is 0 Å². The standard InChI is InChI=1S/C12H13N5/c1-8-5-9(2)16-11(6-8)17-12(13)10-7-14-3-4-15-10/h3-7H,1-2H3,(H2,13,16,17). The summed E-state index contributed by atoms with van der Waals surface area (Å²) >= 11 is 0. The van der Waals surface area contributed by atoms with Crippen LogP contribution in [0.3, 0.4) is 0 Å². The molecule has 0 aliphatic heterocycles. The first-order valence-electron chi connectivity index (χ1n) is 5.21. The van der Waals surface area contributed by atoms with Gasteiger partial charge in [-0.05, 0) is 31.5 Å². The normalized spacial score (nSPS) is 11.5. The first kappa shape index (κ1) is 11.2. The zero-order valence-electron chi connectivity index (χ0n) is 9.75. The Bertz CT molecular complexity index is 528. The average molecular weight is 227 g/mol. The van der Waals surface area contributed by atoms with Gasteiger partial charge in [0.25, 0.3) is 0 Å². The van der Waals surface area contributed by atoms with E-state index in [0.717, 1.165) is 11.3 Å². The molecule has 2 N–H and O–H groups in total. The van der Waals surface area contributed by atoms with E-state index in [4.69, 9.17) is 5.73 Å². The van der Waals surface area contributed by atoms with E-state index in [1.54, 1.807) is 18.6 Å². The Morgan fingerprint density at radius 2 is 2.06 bits per heavy atom. The lowest BCUT2D eigenvalue weighted by Crippen LogP contribution is -2.14. The highest BCUT2D eigenvalue weighted by molar-refractivity contribution is 5.96. The number of aliphatic imine (C=N–C) groups is 1. The number of nitrogens with zero attached hydrogens (tertiary/aromatic N) is 4. The molecule has 0 saturated carbocycles. The predicted molar refractivity (Wildman–Crippen MR) is 66.1 cm³/mol. The van der Waals surface area contributed by atoms with E-state index in [1.165, 1.54) is 0 Å².